The van der Waals surface area contributed by atoms with Gasteiger partial charge < -0.3 is 14.8 Å². The Balaban J connectivity index is 1.59. The van der Waals surface area contributed by atoms with E-state index in [4.69, 9.17) is 4.52 Å². The van der Waals surface area contributed by atoms with Crippen molar-refractivity contribution in [3.8, 4) is 11.4 Å². The van der Waals surface area contributed by atoms with E-state index in [1.165, 1.54) is 0 Å². The van der Waals surface area contributed by atoms with E-state index >= 15 is 0 Å². The van der Waals surface area contributed by atoms with Gasteiger partial charge in [-0.1, -0.05) is 5.16 Å². The SMILES string of the molecule is Cc1noc(C)c1CCNC(=O)c1cc(-c2ccc[nH]2)n[nH]1. The Morgan fingerprint density at radius 3 is 2.95 bits per heavy atom. The highest BCUT2D eigenvalue weighted by atomic mass is 16.5. The lowest BCUT2D eigenvalue weighted by Crippen LogP contribution is -2.26. The number of rotatable bonds is 5. The summed E-state index contributed by atoms with van der Waals surface area (Å²) >= 11 is 0. The minimum atomic E-state index is -0.183. The molecule has 0 saturated carbocycles. The van der Waals surface area contributed by atoms with Crippen molar-refractivity contribution in [2.45, 2.75) is 20.3 Å². The lowest BCUT2D eigenvalue weighted by molar-refractivity contribution is 0.0949. The minimum Gasteiger partial charge on any atom is -0.361 e. The molecule has 7 nitrogen and oxygen atoms in total. The van der Waals surface area contributed by atoms with Gasteiger partial charge in [0.05, 0.1) is 11.4 Å². The van der Waals surface area contributed by atoms with Gasteiger partial charge in [-0.3, -0.25) is 9.89 Å². The number of aromatic nitrogens is 4. The molecule has 3 aromatic rings. The van der Waals surface area contributed by atoms with Gasteiger partial charge in [0.15, 0.2) is 0 Å². The third-order valence-corrected chi connectivity index (χ3v) is 3.54. The fourth-order valence-electron chi connectivity index (χ4n) is 2.32. The predicted octanol–water partition coefficient (Wildman–Crippen LogP) is 1.98. The molecule has 7 heteroatoms. The van der Waals surface area contributed by atoms with Crippen molar-refractivity contribution >= 4 is 5.91 Å². The molecule has 0 aliphatic rings. The maximum Gasteiger partial charge on any atom is 0.269 e. The molecule has 0 saturated heterocycles. The fourth-order valence-corrected chi connectivity index (χ4v) is 2.32. The van der Waals surface area contributed by atoms with Crippen LogP contribution in [0.15, 0.2) is 28.9 Å². The molecule has 0 bridgehead atoms. The molecule has 0 unspecified atom stereocenters. The summed E-state index contributed by atoms with van der Waals surface area (Å²) < 4.78 is 5.10. The largest absolute Gasteiger partial charge is 0.361 e. The zero-order valence-corrected chi connectivity index (χ0v) is 12.4. The van der Waals surface area contributed by atoms with Crippen molar-refractivity contribution in [1.82, 2.24) is 25.7 Å². The number of hydrogen-bond donors (Lipinski definition) is 3. The topological polar surface area (TPSA) is 99.6 Å². The van der Waals surface area contributed by atoms with Gasteiger partial charge in [0.25, 0.3) is 5.91 Å². The van der Waals surface area contributed by atoms with E-state index in [0.29, 0.717) is 24.4 Å². The van der Waals surface area contributed by atoms with Crippen LogP contribution in [-0.4, -0.2) is 32.8 Å². The molecule has 0 aliphatic heterocycles. The average molecular weight is 299 g/mol. The number of carbonyl (C=O) groups is 1. The smallest absolute Gasteiger partial charge is 0.269 e. The van der Waals surface area contributed by atoms with Crippen LogP contribution >= 0.6 is 0 Å². The maximum atomic E-state index is 12.1. The lowest BCUT2D eigenvalue weighted by Gasteiger charge is -2.03. The average Bonchev–Trinajstić information content (AvgIpc) is 3.22. The molecular weight excluding hydrogens is 282 g/mol. The summed E-state index contributed by atoms with van der Waals surface area (Å²) in [6.45, 7) is 4.28. The van der Waals surface area contributed by atoms with E-state index in [-0.39, 0.29) is 5.91 Å². The van der Waals surface area contributed by atoms with Crippen molar-refractivity contribution in [3.63, 3.8) is 0 Å². The molecule has 0 aliphatic carbocycles. The first-order valence-corrected chi connectivity index (χ1v) is 7.04. The van der Waals surface area contributed by atoms with Crippen LogP contribution in [0.25, 0.3) is 11.4 Å². The number of nitrogens with one attached hydrogen (secondary N) is 3. The molecule has 3 heterocycles. The van der Waals surface area contributed by atoms with E-state index in [2.05, 4.69) is 25.7 Å². The third kappa shape index (κ3) is 2.78. The summed E-state index contributed by atoms with van der Waals surface area (Å²) in [4.78, 5) is 15.1. The van der Waals surface area contributed by atoms with Crippen LogP contribution < -0.4 is 5.32 Å². The number of hydrogen-bond acceptors (Lipinski definition) is 4. The Labute approximate surface area is 127 Å². The van der Waals surface area contributed by atoms with E-state index in [1.807, 2.05) is 32.2 Å². The summed E-state index contributed by atoms with van der Waals surface area (Å²) in [6.07, 6.45) is 2.50. The van der Waals surface area contributed by atoms with Gasteiger partial charge in [0, 0.05) is 18.3 Å². The number of H-pyrrole nitrogens is 2. The van der Waals surface area contributed by atoms with Crippen molar-refractivity contribution in [2.24, 2.45) is 0 Å². The third-order valence-electron chi connectivity index (χ3n) is 3.54. The molecule has 1 amide bonds. The van der Waals surface area contributed by atoms with Crippen LogP contribution in [0.5, 0.6) is 0 Å². The Morgan fingerprint density at radius 2 is 2.27 bits per heavy atom. The molecule has 114 valence electrons. The first kappa shape index (κ1) is 14.1. The first-order chi connectivity index (χ1) is 10.6. The molecule has 3 N–H and O–H groups in total. The molecule has 0 atom stereocenters. The molecule has 0 aromatic carbocycles. The maximum absolute atomic E-state index is 12.1. The Hall–Kier alpha value is -2.83. The summed E-state index contributed by atoms with van der Waals surface area (Å²) in [5, 5.41) is 13.6. The molecule has 0 spiro atoms. The Kier molecular flexibility index (Phi) is 3.78. The second kappa shape index (κ2) is 5.88. The van der Waals surface area contributed by atoms with Crippen LogP contribution in [-0.2, 0) is 6.42 Å². The van der Waals surface area contributed by atoms with E-state index in [1.54, 1.807) is 6.07 Å². The van der Waals surface area contributed by atoms with Gasteiger partial charge in [0.2, 0.25) is 0 Å². The summed E-state index contributed by atoms with van der Waals surface area (Å²) in [5.41, 5.74) is 3.91. The molecular formula is C15H17N5O2. The van der Waals surface area contributed by atoms with Crippen LogP contribution in [0.3, 0.4) is 0 Å². The van der Waals surface area contributed by atoms with Crippen LogP contribution in [0.4, 0.5) is 0 Å². The summed E-state index contributed by atoms with van der Waals surface area (Å²) in [6, 6.07) is 5.50. The van der Waals surface area contributed by atoms with E-state index in [9.17, 15) is 4.79 Å². The molecule has 0 radical (unpaired) electrons. The van der Waals surface area contributed by atoms with Gasteiger partial charge in [0.1, 0.15) is 17.1 Å². The van der Waals surface area contributed by atoms with Crippen LogP contribution in [0.1, 0.15) is 27.5 Å². The number of aromatic amines is 2. The number of nitrogens with zero attached hydrogens (tertiary/aromatic N) is 2. The standard InChI is InChI=1S/C15H17N5O2/c1-9-11(10(2)22-20-9)5-7-17-15(21)14-8-13(18-19-14)12-4-3-6-16-12/h3-4,6,8,16H,5,7H2,1-2H3,(H,17,21)(H,18,19). The summed E-state index contributed by atoms with van der Waals surface area (Å²) in [7, 11) is 0. The van der Waals surface area contributed by atoms with Crippen molar-refractivity contribution < 1.29 is 9.32 Å². The zero-order chi connectivity index (χ0) is 15.5. The monoisotopic (exact) mass is 299 g/mol. The molecule has 22 heavy (non-hydrogen) atoms. The summed E-state index contributed by atoms with van der Waals surface area (Å²) in [5.74, 6) is 0.611. The van der Waals surface area contributed by atoms with Gasteiger partial charge in [-0.25, -0.2) is 0 Å². The molecule has 0 fully saturated rings. The number of aryl methyl sites for hydroxylation is 2. The van der Waals surface area contributed by atoms with E-state index in [0.717, 1.165) is 22.7 Å². The Bertz CT molecular complexity index is 750. The molecule has 3 aromatic heterocycles. The second-order valence-electron chi connectivity index (χ2n) is 5.06. The zero-order valence-electron chi connectivity index (χ0n) is 12.4. The highest BCUT2D eigenvalue weighted by Gasteiger charge is 2.12. The highest BCUT2D eigenvalue weighted by Crippen LogP contribution is 2.15. The first-order valence-electron chi connectivity index (χ1n) is 7.04. The highest BCUT2D eigenvalue weighted by molar-refractivity contribution is 5.93. The van der Waals surface area contributed by atoms with Crippen molar-refractivity contribution in [2.75, 3.05) is 6.54 Å². The van der Waals surface area contributed by atoms with Gasteiger partial charge >= 0.3 is 0 Å². The van der Waals surface area contributed by atoms with Gasteiger partial charge in [-0.15, -0.1) is 0 Å². The van der Waals surface area contributed by atoms with E-state index < -0.39 is 0 Å². The predicted molar refractivity (Wildman–Crippen MR) is 80.4 cm³/mol. The quantitative estimate of drug-likeness (QED) is 0.670. The van der Waals surface area contributed by atoms with Crippen LogP contribution in [0.2, 0.25) is 0 Å². The van der Waals surface area contributed by atoms with Gasteiger partial charge in [-0.05, 0) is 38.5 Å². The minimum absolute atomic E-state index is 0.183. The Morgan fingerprint density at radius 1 is 1.41 bits per heavy atom. The van der Waals surface area contributed by atoms with Gasteiger partial charge in [-0.2, -0.15) is 5.10 Å². The van der Waals surface area contributed by atoms with Crippen LogP contribution in [0, 0.1) is 13.8 Å². The van der Waals surface area contributed by atoms with Crippen molar-refractivity contribution in [3.05, 3.63) is 47.1 Å². The fraction of sp³-hybridized carbons (Fsp3) is 0.267. The lowest BCUT2D eigenvalue weighted by atomic mass is 10.1. The van der Waals surface area contributed by atoms with Crippen molar-refractivity contribution in [1.29, 1.82) is 0 Å². The number of amides is 1. The second-order valence-corrected chi connectivity index (χ2v) is 5.06. The normalized spacial score (nSPS) is 10.8. The molecule has 3 rings (SSSR count). The number of carbonyl (C=O) groups excluding carboxylic acids is 1.